The van der Waals surface area contributed by atoms with Gasteiger partial charge < -0.3 is 16.2 Å². The number of rotatable bonds is 7. The first kappa shape index (κ1) is 13.5. The number of hydrogen-bond acceptors (Lipinski definition) is 3. The predicted molar refractivity (Wildman–Crippen MR) is 67.6 cm³/mol. The summed E-state index contributed by atoms with van der Waals surface area (Å²) in [6, 6.07) is 7.76. The number of amides is 1. The highest BCUT2D eigenvalue weighted by Gasteiger charge is 2.01. The summed E-state index contributed by atoms with van der Waals surface area (Å²) in [6.45, 7) is 2.53. The first-order valence-electron chi connectivity index (χ1n) is 5.86. The molecule has 1 atom stereocenters. The van der Waals surface area contributed by atoms with Gasteiger partial charge in [-0.3, -0.25) is 4.79 Å². The maximum atomic E-state index is 10.5. The van der Waals surface area contributed by atoms with Crippen LogP contribution in [0.2, 0.25) is 0 Å². The lowest BCUT2D eigenvalue weighted by molar-refractivity contribution is -0.118. The van der Waals surface area contributed by atoms with Crippen LogP contribution in [0.5, 0.6) is 5.75 Å². The molecule has 1 aromatic carbocycles. The van der Waals surface area contributed by atoms with Gasteiger partial charge in [0.15, 0.2) is 0 Å². The molecule has 4 heteroatoms. The highest BCUT2D eigenvalue weighted by Crippen LogP contribution is 2.17. The third kappa shape index (κ3) is 5.36. The summed E-state index contributed by atoms with van der Waals surface area (Å²) < 4.78 is 5.57. The van der Waals surface area contributed by atoms with Crippen molar-refractivity contribution in [2.45, 2.75) is 32.2 Å². The molecule has 4 N–H and O–H groups in total. The predicted octanol–water partition coefficient (Wildman–Crippen LogP) is 1.74. The topological polar surface area (TPSA) is 78.3 Å². The lowest BCUT2D eigenvalue weighted by Crippen LogP contribution is -2.10. The second-order valence-corrected chi connectivity index (χ2v) is 4.13. The number of unbranched alkanes of at least 4 members (excludes halogenated alkanes) is 1. The second kappa shape index (κ2) is 6.91. The van der Waals surface area contributed by atoms with E-state index < -0.39 is 0 Å². The van der Waals surface area contributed by atoms with Crippen LogP contribution in [0.25, 0.3) is 0 Å². The molecular formula is C13H20N2O2. The third-order valence-corrected chi connectivity index (χ3v) is 2.47. The van der Waals surface area contributed by atoms with E-state index in [0.29, 0.717) is 13.0 Å². The van der Waals surface area contributed by atoms with Gasteiger partial charge in [0.05, 0.1) is 6.61 Å². The van der Waals surface area contributed by atoms with E-state index >= 15 is 0 Å². The minimum absolute atomic E-state index is 0.00779. The van der Waals surface area contributed by atoms with Crippen molar-refractivity contribution in [1.29, 1.82) is 0 Å². The van der Waals surface area contributed by atoms with Crippen molar-refractivity contribution in [3.8, 4) is 5.75 Å². The Morgan fingerprint density at radius 2 is 2.18 bits per heavy atom. The van der Waals surface area contributed by atoms with Crippen LogP contribution in [0.3, 0.4) is 0 Å². The number of carbonyl (C=O) groups is 1. The van der Waals surface area contributed by atoms with Crippen molar-refractivity contribution in [2.75, 3.05) is 6.61 Å². The van der Waals surface area contributed by atoms with E-state index in [4.69, 9.17) is 16.2 Å². The minimum Gasteiger partial charge on any atom is -0.494 e. The van der Waals surface area contributed by atoms with E-state index in [9.17, 15) is 4.79 Å². The average Bonchev–Trinajstić information content (AvgIpc) is 2.28. The van der Waals surface area contributed by atoms with E-state index in [2.05, 4.69) is 0 Å². The SMILES string of the molecule is C[C@H](N)c1cccc(OCCCCC(N)=O)c1. The van der Waals surface area contributed by atoms with E-state index in [0.717, 1.165) is 24.2 Å². The number of primary amides is 1. The first-order valence-corrected chi connectivity index (χ1v) is 5.86. The summed E-state index contributed by atoms with van der Waals surface area (Å²) in [5.74, 6) is 0.558. The van der Waals surface area contributed by atoms with Crippen LogP contribution in [0.1, 0.15) is 37.8 Å². The Morgan fingerprint density at radius 3 is 2.82 bits per heavy atom. The summed E-state index contributed by atoms with van der Waals surface area (Å²) >= 11 is 0. The highest BCUT2D eigenvalue weighted by molar-refractivity contribution is 5.73. The average molecular weight is 236 g/mol. The molecule has 94 valence electrons. The molecule has 4 nitrogen and oxygen atoms in total. The summed E-state index contributed by atoms with van der Waals surface area (Å²) in [4.78, 5) is 10.5. The first-order chi connectivity index (χ1) is 8.09. The van der Waals surface area contributed by atoms with E-state index in [1.807, 2.05) is 31.2 Å². The molecule has 0 aliphatic rings. The van der Waals surface area contributed by atoms with Gasteiger partial charge in [-0.05, 0) is 37.5 Å². The maximum absolute atomic E-state index is 10.5. The fraction of sp³-hybridized carbons (Fsp3) is 0.462. The van der Waals surface area contributed by atoms with Gasteiger partial charge in [-0.1, -0.05) is 12.1 Å². The summed E-state index contributed by atoms with van der Waals surface area (Å²) in [6.07, 6.45) is 2.01. The molecule has 0 fully saturated rings. The second-order valence-electron chi connectivity index (χ2n) is 4.13. The van der Waals surface area contributed by atoms with E-state index in [1.165, 1.54) is 0 Å². The maximum Gasteiger partial charge on any atom is 0.217 e. The van der Waals surface area contributed by atoms with Gasteiger partial charge in [0.25, 0.3) is 0 Å². The van der Waals surface area contributed by atoms with E-state index in [-0.39, 0.29) is 11.9 Å². The van der Waals surface area contributed by atoms with Crippen molar-refractivity contribution in [3.63, 3.8) is 0 Å². The Labute approximate surface area is 102 Å². The molecule has 0 aliphatic heterocycles. The molecule has 0 bridgehead atoms. The lowest BCUT2D eigenvalue weighted by atomic mass is 10.1. The summed E-state index contributed by atoms with van der Waals surface area (Å²) in [5.41, 5.74) is 11.9. The minimum atomic E-state index is -0.260. The molecular weight excluding hydrogens is 216 g/mol. The van der Waals surface area contributed by atoms with Crippen molar-refractivity contribution in [2.24, 2.45) is 11.5 Å². The zero-order chi connectivity index (χ0) is 12.7. The molecule has 0 radical (unpaired) electrons. The van der Waals surface area contributed by atoms with Crippen LogP contribution in [0, 0.1) is 0 Å². The van der Waals surface area contributed by atoms with Gasteiger partial charge in [0.1, 0.15) is 5.75 Å². The van der Waals surface area contributed by atoms with Crippen LogP contribution >= 0.6 is 0 Å². The van der Waals surface area contributed by atoms with Crippen LogP contribution in [0.4, 0.5) is 0 Å². The monoisotopic (exact) mass is 236 g/mol. The Hall–Kier alpha value is -1.55. The fourth-order valence-electron chi connectivity index (χ4n) is 1.48. The quantitative estimate of drug-likeness (QED) is 0.708. The van der Waals surface area contributed by atoms with Gasteiger partial charge >= 0.3 is 0 Å². The number of carbonyl (C=O) groups excluding carboxylic acids is 1. The molecule has 1 aromatic rings. The fourth-order valence-corrected chi connectivity index (χ4v) is 1.48. The summed E-state index contributed by atoms with van der Waals surface area (Å²) in [7, 11) is 0. The van der Waals surface area contributed by atoms with Gasteiger partial charge in [0.2, 0.25) is 5.91 Å². The van der Waals surface area contributed by atoms with Gasteiger partial charge in [0, 0.05) is 12.5 Å². The molecule has 1 rings (SSSR count). The molecule has 0 aromatic heterocycles. The third-order valence-electron chi connectivity index (χ3n) is 2.47. The zero-order valence-electron chi connectivity index (χ0n) is 10.2. The Kier molecular flexibility index (Phi) is 5.49. The summed E-state index contributed by atoms with van der Waals surface area (Å²) in [5, 5.41) is 0. The highest BCUT2D eigenvalue weighted by atomic mass is 16.5. The zero-order valence-corrected chi connectivity index (χ0v) is 10.2. The van der Waals surface area contributed by atoms with Crippen molar-refractivity contribution < 1.29 is 9.53 Å². The van der Waals surface area contributed by atoms with Gasteiger partial charge in [-0.25, -0.2) is 0 Å². The standard InChI is InChI=1S/C13H20N2O2/c1-10(14)11-5-4-6-12(9-11)17-8-3-2-7-13(15)16/h4-6,9-10H,2-3,7-8,14H2,1H3,(H2,15,16)/t10-/m0/s1. The number of nitrogens with two attached hydrogens (primary N) is 2. The van der Waals surface area contributed by atoms with Crippen LogP contribution in [-0.4, -0.2) is 12.5 Å². The van der Waals surface area contributed by atoms with Crippen LogP contribution in [0.15, 0.2) is 24.3 Å². The molecule has 0 heterocycles. The largest absolute Gasteiger partial charge is 0.494 e. The van der Waals surface area contributed by atoms with Crippen molar-refractivity contribution in [1.82, 2.24) is 0 Å². The molecule has 0 saturated carbocycles. The smallest absolute Gasteiger partial charge is 0.217 e. The molecule has 0 spiro atoms. The van der Waals surface area contributed by atoms with Crippen molar-refractivity contribution in [3.05, 3.63) is 29.8 Å². The lowest BCUT2D eigenvalue weighted by Gasteiger charge is -2.09. The molecule has 1 amide bonds. The Morgan fingerprint density at radius 1 is 1.41 bits per heavy atom. The van der Waals surface area contributed by atoms with Gasteiger partial charge in [-0.15, -0.1) is 0 Å². The molecule has 0 aliphatic carbocycles. The number of ether oxygens (including phenoxy) is 1. The Bertz CT molecular complexity index is 364. The van der Waals surface area contributed by atoms with Crippen LogP contribution < -0.4 is 16.2 Å². The van der Waals surface area contributed by atoms with Gasteiger partial charge in [-0.2, -0.15) is 0 Å². The van der Waals surface area contributed by atoms with E-state index in [1.54, 1.807) is 0 Å². The number of benzene rings is 1. The molecule has 0 saturated heterocycles. The molecule has 17 heavy (non-hydrogen) atoms. The normalized spacial score (nSPS) is 12.1. The number of hydrogen-bond donors (Lipinski definition) is 2. The Balaban J connectivity index is 2.31. The van der Waals surface area contributed by atoms with Crippen molar-refractivity contribution >= 4 is 5.91 Å². The molecule has 0 unspecified atom stereocenters. The van der Waals surface area contributed by atoms with Crippen LogP contribution in [-0.2, 0) is 4.79 Å².